The third-order valence-corrected chi connectivity index (χ3v) is 3.53. The normalized spacial score (nSPS) is 15.9. The quantitative estimate of drug-likeness (QED) is 0.822. The second-order valence-corrected chi connectivity index (χ2v) is 5.92. The maximum absolute atomic E-state index is 11.7. The average Bonchev–Trinajstić information content (AvgIpc) is 2.15. The molecule has 0 radical (unpaired) electrons. The van der Waals surface area contributed by atoms with E-state index < -0.39 is 13.4 Å². The van der Waals surface area contributed by atoms with Gasteiger partial charge in [-0.1, -0.05) is 30.3 Å². The molecule has 1 aromatic carbocycles. The van der Waals surface area contributed by atoms with Crippen molar-refractivity contribution in [3.05, 3.63) is 35.9 Å². The van der Waals surface area contributed by atoms with Gasteiger partial charge in [-0.05, 0) is 33.3 Å². The molecule has 0 aliphatic heterocycles. The van der Waals surface area contributed by atoms with Crippen LogP contribution in [0.5, 0.6) is 0 Å². The lowest BCUT2D eigenvalue weighted by molar-refractivity contribution is 0.0354. The van der Waals surface area contributed by atoms with Gasteiger partial charge < -0.3 is 4.89 Å². The molecule has 0 aliphatic carbocycles. The van der Waals surface area contributed by atoms with Gasteiger partial charge in [0.2, 0.25) is 0 Å². The van der Waals surface area contributed by atoms with Crippen molar-refractivity contribution >= 4 is 7.82 Å². The predicted molar refractivity (Wildman–Crippen MR) is 66.6 cm³/mol. The van der Waals surface area contributed by atoms with Gasteiger partial charge >= 0.3 is 7.82 Å². The van der Waals surface area contributed by atoms with E-state index in [1.165, 1.54) is 0 Å². The van der Waals surface area contributed by atoms with Gasteiger partial charge in [0, 0.05) is 0 Å². The molecule has 0 bridgehead atoms. The van der Waals surface area contributed by atoms with Crippen molar-refractivity contribution in [3.63, 3.8) is 0 Å². The second-order valence-electron chi connectivity index (χ2n) is 4.59. The summed E-state index contributed by atoms with van der Waals surface area (Å²) in [5, 5.41) is 0. The largest absolute Gasteiger partial charge is 0.473 e. The number of phosphoric ester groups is 1. The molecule has 1 atom stereocenters. The van der Waals surface area contributed by atoms with Gasteiger partial charge in [-0.15, -0.1) is 0 Å². The Hall–Kier alpha value is -0.670. The summed E-state index contributed by atoms with van der Waals surface area (Å²) in [4.78, 5) is 9.59. The van der Waals surface area contributed by atoms with E-state index in [4.69, 9.17) is 9.05 Å². The Morgan fingerprint density at radius 3 is 2.24 bits per heavy atom. The minimum atomic E-state index is -4.04. The number of phosphoric acid groups is 1. The molecule has 1 aromatic rings. The van der Waals surface area contributed by atoms with Crippen LogP contribution >= 0.6 is 7.82 Å². The van der Waals surface area contributed by atoms with Gasteiger partial charge in [-0.3, -0.25) is 9.05 Å². The van der Waals surface area contributed by atoms with E-state index in [9.17, 15) is 9.46 Å². The molecule has 1 rings (SSSR count). The number of benzene rings is 1. The fourth-order valence-corrected chi connectivity index (χ4v) is 2.73. The summed E-state index contributed by atoms with van der Waals surface area (Å²) in [7, 11) is -4.04. The minimum Gasteiger partial charge on any atom is -0.302 e. The maximum Gasteiger partial charge on any atom is 0.473 e. The van der Waals surface area contributed by atoms with Gasteiger partial charge in [0.15, 0.2) is 0 Å². The highest BCUT2D eigenvalue weighted by Crippen LogP contribution is 2.50. The van der Waals surface area contributed by atoms with Crippen LogP contribution in [0, 0.1) is 0 Å². The third-order valence-electron chi connectivity index (χ3n) is 2.16. The fourth-order valence-electron chi connectivity index (χ4n) is 1.47. The van der Waals surface area contributed by atoms with Gasteiger partial charge in [0.1, 0.15) is 0 Å². The van der Waals surface area contributed by atoms with Crippen LogP contribution in [0.15, 0.2) is 30.3 Å². The van der Waals surface area contributed by atoms with Gasteiger partial charge in [0.05, 0.1) is 11.7 Å². The molecule has 0 spiro atoms. The minimum absolute atomic E-state index is 0.364. The maximum atomic E-state index is 11.7. The van der Waals surface area contributed by atoms with Crippen LogP contribution in [0.2, 0.25) is 0 Å². The van der Waals surface area contributed by atoms with Crippen LogP contribution in [-0.4, -0.2) is 11.0 Å². The molecular formula is C12H19O4P. The van der Waals surface area contributed by atoms with Crippen molar-refractivity contribution in [3.8, 4) is 0 Å². The zero-order chi connectivity index (χ0) is 13.1. The standard InChI is InChI=1S/C12H19O4P/c1-10(2)15-17(13,14)16-12(3,4)11-8-6-5-7-9-11/h5-10H,1-4H3,(H,13,14). The van der Waals surface area contributed by atoms with Crippen LogP contribution in [0.1, 0.15) is 33.3 Å². The first kappa shape index (κ1) is 14.4. The Bertz CT molecular complexity index is 400. The Morgan fingerprint density at radius 2 is 1.76 bits per heavy atom. The molecule has 0 fully saturated rings. The first-order valence-corrected chi connectivity index (χ1v) is 7.00. The second kappa shape index (κ2) is 5.32. The Morgan fingerprint density at radius 1 is 1.24 bits per heavy atom. The van der Waals surface area contributed by atoms with E-state index in [2.05, 4.69) is 0 Å². The molecule has 4 nitrogen and oxygen atoms in total. The van der Waals surface area contributed by atoms with Crippen molar-refractivity contribution in [1.29, 1.82) is 0 Å². The van der Waals surface area contributed by atoms with E-state index in [1.807, 2.05) is 30.3 Å². The molecule has 0 saturated carbocycles. The zero-order valence-corrected chi connectivity index (χ0v) is 11.5. The summed E-state index contributed by atoms with van der Waals surface area (Å²) >= 11 is 0. The lowest BCUT2D eigenvalue weighted by Crippen LogP contribution is -2.21. The van der Waals surface area contributed by atoms with E-state index in [-0.39, 0.29) is 6.10 Å². The number of rotatable bonds is 5. The average molecular weight is 258 g/mol. The number of hydrogen-bond acceptors (Lipinski definition) is 3. The molecule has 0 amide bonds. The summed E-state index contributed by atoms with van der Waals surface area (Å²) in [6, 6.07) is 9.27. The molecular weight excluding hydrogens is 239 g/mol. The third kappa shape index (κ3) is 4.60. The Kier molecular flexibility index (Phi) is 4.50. The molecule has 0 aliphatic rings. The lowest BCUT2D eigenvalue weighted by atomic mass is 9.99. The highest BCUT2D eigenvalue weighted by molar-refractivity contribution is 7.47. The molecule has 17 heavy (non-hydrogen) atoms. The predicted octanol–water partition coefficient (Wildman–Crippen LogP) is 3.46. The first-order chi connectivity index (χ1) is 7.73. The van der Waals surface area contributed by atoms with Crippen LogP contribution < -0.4 is 0 Å². The van der Waals surface area contributed by atoms with Crippen molar-refractivity contribution in [2.45, 2.75) is 39.4 Å². The fraction of sp³-hybridized carbons (Fsp3) is 0.500. The topological polar surface area (TPSA) is 55.8 Å². The van der Waals surface area contributed by atoms with Crippen LogP contribution in [0.3, 0.4) is 0 Å². The number of hydrogen-bond donors (Lipinski definition) is 1. The molecule has 0 heterocycles. The lowest BCUT2D eigenvalue weighted by Gasteiger charge is -2.28. The van der Waals surface area contributed by atoms with Crippen LogP contribution in [0.4, 0.5) is 0 Å². The van der Waals surface area contributed by atoms with Crippen LogP contribution in [0.25, 0.3) is 0 Å². The van der Waals surface area contributed by atoms with E-state index in [0.717, 1.165) is 5.56 Å². The van der Waals surface area contributed by atoms with Crippen molar-refractivity contribution in [2.75, 3.05) is 0 Å². The molecule has 96 valence electrons. The van der Waals surface area contributed by atoms with E-state index in [0.29, 0.717) is 0 Å². The van der Waals surface area contributed by atoms with Crippen molar-refractivity contribution in [2.24, 2.45) is 0 Å². The van der Waals surface area contributed by atoms with Gasteiger partial charge in [-0.25, -0.2) is 4.57 Å². The van der Waals surface area contributed by atoms with Crippen molar-refractivity contribution in [1.82, 2.24) is 0 Å². The monoisotopic (exact) mass is 258 g/mol. The highest BCUT2D eigenvalue weighted by Gasteiger charge is 2.33. The smallest absolute Gasteiger partial charge is 0.302 e. The molecule has 1 unspecified atom stereocenters. The summed E-state index contributed by atoms with van der Waals surface area (Å²) in [5.41, 5.74) is -0.0536. The zero-order valence-electron chi connectivity index (χ0n) is 10.6. The molecule has 0 aromatic heterocycles. The highest BCUT2D eigenvalue weighted by atomic mass is 31.2. The van der Waals surface area contributed by atoms with Gasteiger partial charge in [0.25, 0.3) is 0 Å². The summed E-state index contributed by atoms with van der Waals surface area (Å²) in [6.45, 7) is 6.83. The van der Waals surface area contributed by atoms with E-state index >= 15 is 0 Å². The SMILES string of the molecule is CC(C)OP(=O)(O)OC(C)(C)c1ccccc1. The molecule has 5 heteroatoms. The van der Waals surface area contributed by atoms with Crippen molar-refractivity contribution < 1.29 is 18.5 Å². The summed E-state index contributed by atoms with van der Waals surface area (Å²) < 4.78 is 21.8. The van der Waals surface area contributed by atoms with Gasteiger partial charge in [-0.2, -0.15) is 0 Å². The van der Waals surface area contributed by atoms with Crippen LogP contribution in [-0.2, 0) is 19.2 Å². The summed E-state index contributed by atoms with van der Waals surface area (Å²) in [5.74, 6) is 0. The Balaban J connectivity index is 2.83. The summed E-state index contributed by atoms with van der Waals surface area (Å²) in [6.07, 6.45) is -0.364. The molecule has 1 N–H and O–H groups in total. The molecule has 0 saturated heterocycles. The first-order valence-electron chi connectivity index (χ1n) is 5.50. The Labute approximate surface area is 102 Å². The van der Waals surface area contributed by atoms with E-state index in [1.54, 1.807) is 27.7 Å².